The summed E-state index contributed by atoms with van der Waals surface area (Å²) in [7, 11) is 0. The van der Waals surface area contributed by atoms with Gasteiger partial charge in [0.15, 0.2) is 0 Å². The van der Waals surface area contributed by atoms with E-state index in [1.165, 1.54) is 44.2 Å². The molecule has 1 N–H and O–H groups in total. The Kier molecular flexibility index (Phi) is 1.99. The highest BCUT2D eigenvalue weighted by atomic mass is 14.9. The molecule has 2 atom stereocenters. The van der Waals surface area contributed by atoms with E-state index in [2.05, 4.69) is 11.9 Å². The van der Waals surface area contributed by atoms with Gasteiger partial charge in [0.05, 0.1) is 0 Å². The number of nitrogens with one attached hydrogen (secondary N) is 1. The van der Waals surface area contributed by atoms with E-state index in [0.29, 0.717) is 6.04 Å². The third-order valence-electron chi connectivity index (χ3n) is 3.10. The van der Waals surface area contributed by atoms with Crippen LogP contribution in [0.25, 0.3) is 0 Å². The van der Waals surface area contributed by atoms with Crippen LogP contribution in [0.2, 0.25) is 0 Å². The van der Waals surface area contributed by atoms with Crippen molar-refractivity contribution >= 4 is 0 Å². The summed E-state index contributed by atoms with van der Waals surface area (Å²) in [4.78, 5) is 0. The van der Waals surface area contributed by atoms with Crippen LogP contribution in [0, 0.1) is 5.92 Å². The summed E-state index contributed by atoms with van der Waals surface area (Å²) in [6.45, 7) is 5.34. The van der Waals surface area contributed by atoms with Crippen LogP contribution in [-0.2, 0) is 0 Å². The molecular weight excluding hydrogens is 134 g/mol. The van der Waals surface area contributed by atoms with Crippen molar-refractivity contribution in [3.8, 4) is 0 Å². The van der Waals surface area contributed by atoms with Crippen LogP contribution in [0.5, 0.6) is 0 Å². The summed E-state index contributed by atoms with van der Waals surface area (Å²) in [6.07, 6.45) is 6.86. The summed E-state index contributed by atoms with van der Waals surface area (Å²) >= 11 is 0. The van der Waals surface area contributed by atoms with E-state index in [1.54, 1.807) is 0 Å². The molecule has 0 bridgehead atoms. The van der Waals surface area contributed by atoms with E-state index in [0.717, 1.165) is 5.92 Å². The third-order valence-corrected chi connectivity index (χ3v) is 3.10. The van der Waals surface area contributed by atoms with E-state index >= 15 is 0 Å². The van der Waals surface area contributed by atoms with Crippen molar-refractivity contribution in [2.24, 2.45) is 5.92 Å². The summed E-state index contributed by atoms with van der Waals surface area (Å²) in [6, 6.07) is 0.678. The first kappa shape index (κ1) is 7.35. The van der Waals surface area contributed by atoms with Crippen LogP contribution in [0.3, 0.4) is 0 Å². The number of fused-ring (bicyclic) bond motifs is 1. The van der Waals surface area contributed by atoms with Crippen molar-refractivity contribution in [3.63, 3.8) is 0 Å². The Labute approximate surface area is 68.9 Å². The van der Waals surface area contributed by atoms with Crippen LogP contribution in [-0.4, -0.2) is 12.6 Å². The summed E-state index contributed by atoms with van der Waals surface area (Å²) < 4.78 is 0. The van der Waals surface area contributed by atoms with E-state index in [4.69, 9.17) is 0 Å². The average molecular weight is 151 g/mol. The Hall–Kier alpha value is -0.300. The van der Waals surface area contributed by atoms with Crippen LogP contribution in [0.4, 0.5) is 0 Å². The van der Waals surface area contributed by atoms with Gasteiger partial charge in [-0.1, -0.05) is 12.2 Å². The first-order valence-corrected chi connectivity index (χ1v) is 4.79. The zero-order chi connectivity index (χ0) is 7.68. The zero-order valence-electron chi connectivity index (χ0n) is 7.10. The summed E-state index contributed by atoms with van der Waals surface area (Å²) in [5, 5.41) is 3.57. The van der Waals surface area contributed by atoms with Gasteiger partial charge in [0, 0.05) is 6.04 Å². The van der Waals surface area contributed by atoms with Gasteiger partial charge in [-0.15, -0.1) is 0 Å². The number of hydrogen-bond donors (Lipinski definition) is 1. The van der Waals surface area contributed by atoms with Gasteiger partial charge in [0.2, 0.25) is 0 Å². The Morgan fingerprint density at radius 2 is 2.09 bits per heavy atom. The van der Waals surface area contributed by atoms with E-state index < -0.39 is 0 Å². The van der Waals surface area contributed by atoms with Gasteiger partial charge in [0.25, 0.3) is 0 Å². The second-order valence-electron chi connectivity index (χ2n) is 3.88. The van der Waals surface area contributed by atoms with Crippen molar-refractivity contribution < 1.29 is 0 Å². The van der Waals surface area contributed by atoms with Crippen molar-refractivity contribution in [1.29, 1.82) is 0 Å². The molecule has 0 spiro atoms. The SMILES string of the molecule is C=C1CCCC2CCCNC12. The highest BCUT2D eigenvalue weighted by molar-refractivity contribution is 5.11. The number of hydrogen-bond acceptors (Lipinski definition) is 1. The van der Waals surface area contributed by atoms with Crippen LogP contribution in [0.15, 0.2) is 12.2 Å². The quantitative estimate of drug-likeness (QED) is 0.523. The maximum absolute atomic E-state index is 4.14. The maximum atomic E-state index is 4.14. The number of piperidine rings is 1. The van der Waals surface area contributed by atoms with Gasteiger partial charge < -0.3 is 5.32 Å². The zero-order valence-corrected chi connectivity index (χ0v) is 7.10. The molecule has 0 radical (unpaired) electrons. The summed E-state index contributed by atoms with van der Waals surface area (Å²) in [5.74, 6) is 0.921. The molecule has 1 aliphatic carbocycles. The molecule has 1 nitrogen and oxygen atoms in total. The molecule has 0 aromatic heterocycles. The van der Waals surface area contributed by atoms with Gasteiger partial charge >= 0.3 is 0 Å². The topological polar surface area (TPSA) is 12.0 Å². The first-order chi connectivity index (χ1) is 5.38. The fourth-order valence-corrected chi connectivity index (χ4v) is 2.49. The van der Waals surface area contributed by atoms with Gasteiger partial charge in [0.1, 0.15) is 0 Å². The lowest BCUT2D eigenvalue weighted by Crippen LogP contribution is -2.44. The maximum Gasteiger partial charge on any atom is 0.0305 e. The molecule has 1 heterocycles. The van der Waals surface area contributed by atoms with Crippen LogP contribution in [0.1, 0.15) is 32.1 Å². The Bertz CT molecular complexity index is 160. The Balaban J connectivity index is 2.05. The minimum absolute atomic E-state index is 0.678. The molecule has 1 saturated carbocycles. The molecule has 0 aromatic carbocycles. The molecule has 0 amide bonds. The molecule has 2 aliphatic rings. The first-order valence-electron chi connectivity index (χ1n) is 4.79. The van der Waals surface area contributed by atoms with Gasteiger partial charge in [-0.05, 0) is 44.6 Å². The molecule has 0 aromatic rings. The molecular formula is C10H17N. The second kappa shape index (κ2) is 2.98. The van der Waals surface area contributed by atoms with Gasteiger partial charge in [-0.3, -0.25) is 0 Å². The largest absolute Gasteiger partial charge is 0.310 e. The minimum atomic E-state index is 0.678. The normalized spacial score (nSPS) is 38.4. The fourth-order valence-electron chi connectivity index (χ4n) is 2.49. The monoisotopic (exact) mass is 151 g/mol. The third kappa shape index (κ3) is 1.34. The molecule has 1 aliphatic heterocycles. The predicted molar refractivity (Wildman–Crippen MR) is 47.5 cm³/mol. The Morgan fingerprint density at radius 3 is 2.91 bits per heavy atom. The predicted octanol–water partition coefficient (Wildman–Crippen LogP) is 2.09. The highest BCUT2D eigenvalue weighted by Crippen LogP contribution is 2.32. The smallest absolute Gasteiger partial charge is 0.0305 e. The van der Waals surface area contributed by atoms with Crippen molar-refractivity contribution in [1.82, 2.24) is 5.32 Å². The fraction of sp³-hybridized carbons (Fsp3) is 0.800. The van der Waals surface area contributed by atoms with E-state index in [9.17, 15) is 0 Å². The molecule has 11 heavy (non-hydrogen) atoms. The van der Waals surface area contributed by atoms with Gasteiger partial charge in [-0.25, -0.2) is 0 Å². The molecule has 62 valence electrons. The lowest BCUT2D eigenvalue weighted by molar-refractivity contribution is 0.260. The van der Waals surface area contributed by atoms with Crippen molar-refractivity contribution in [2.45, 2.75) is 38.1 Å². The Morgan fingerprint density at radius 1 is 1.27 bits per heavy atom. The minimum Gasteiger partial charge on any atom is -0.310 e. The van der Waals surface area contributed by atoms with Crippen LogP contribution < -0.4 is 5.32 Å². The number of rotatable bonds is 0. The van der Waals surface area contributed by atoms with Crippen molar-refractivity contribution in [3.05, 3.63) is 12.2 Å². The van der Waals surface area contributed by atoms with Gasteiger partial charge in [-0.2, -0.15) is 0 Å². The molecule has 2 fully saturated rings. The van der Waals surface area contributed by atoms with Crippen LogP contribution >= 0.6 is 0 Å². The van der Waals surface area contributed by atoms with Crippen molar-refractivity contribution in [2.75, 3.05) is 6.54 Å². The van der Waals surface area contributed by atoms with E-state index in [-0.39, 0.29) is 0 Å². The molecule has 1 saturated heterocycles. The highest BCUT2D eigenvalue weighted by Gasteiger charge is 2.29. The summed E-state index contributed by atoms with van der Waals surface area (Å²) in [5.41, 5.74) is 1.46. The molecule has 2 rings (SSSR count). The average Bonchev–Trinajstić information content (AvgIpc) is 2.06. The lowest BCUT2D eigenvalue weighted by Gasteiger charge is -2.37. The second-order valence-corrected chi connectivity index (χ2v) is 3.88. The molecule has 1 heteroatoms. The standard InChI is InChI=1S/C10H17N/c1-8-4-2-5-9-6-3-7-11-10(8)9/h9-11H,1-7H2. The molecule has 2 unspecified atom stereocenters. The van der Waals surface area contributed by atoms with E-state index in [1.807, 2.05) is 0 Å². The lowest BCUT2D eigenvalue weighted by atomic mass is 9.77.